The highest BCUT2D eigenvalue weighted by atomic mass is 16.2. The van der Waals surface area contributed by atoms with Crippen LogP contribution in [-0.4, -0.2) is 28.2 Å². The molecule has 142 valence electrons. The van der Waals surface area contributed by atoms with Gasteiger partial charge in [0.15, 0.2) is 5.78 Å². The lowest BCUT2D eigenvalue weighted by molar-refractivity contribution is 0.101. The fraction of sp³-hybridized carbons (Fsp3) is 0.143. The topological polar surface area (TPSA) is 113 Å². The van der Waals surface area contributed by atoms with Crippen LogP contribution >= 0.6 is 0 Å². The Labute approximate surface area is 162 Å². The Morgan fingerprint density at radius 3 is 2.25 bits per heavy atom. The highest BCUT2D eigenvalue weighted by molar-refractivity contribution is 6.07. The molecule has 3 rings (SSSR count). The van der Waals surface area contributed by atoms with Gasteiger partial charge in [0.05, 0.1) is 5.71 Å². The van der Waals surface area contributed by atoms with Gasteiger partial charge in [-0.1, -0.05) is 6.07 Å². The molecule has 0 saturated heterocycles. The number of Topliss-reactive ketones (excluding diaryl/α,β-unsaturated/α-hetero) is 1. The second-order valence-electron chi connectivity index (χ2n) is 6.50. The average Bonchev–Trinajstić information content (AvgIpc) is 3.10. The smallest absolute Gasteiger partial charge is 0.272 e. The van der Waals surface area contributed by atoms with Gasteiger partial charge in [-0.2, -0.15) is 5.10 Å². The van der Waals surface area contributed by atoms with Crippen molar-refractivity contribution < 1.29 is 9.59 Å². The molecule has 0 fully saturated rings. The van der Waals surface area contributed by atoms with E-state index in [2.05, 4.69) is 20.5 Å². The molecule has 2 aromatic carbocycles. The highest BCUT2D eigenvalue weighted by Gasteiger charge is 2.11. The Kier molecular flexibility index (Phi) is 5.35. The molecular weight excluding hydrogens is 354 g/mol. The van der Waals surface area contributed by atoms with Crippen LogP contribution in [0, 0.1) is 0 Å². The van der Waals surface area contributed by atoms with Crippen LogP contribution in [0.15, 0.2) is 58.7 Å². The van der Waals surface area contributed by atoms with Crippen molar-refractivity contribution in [1.29, 1.82) is 0 Å². The predicted molar refractivity (Wildman–Crippen MR) is 112 cm³/mol. The van der Waals surface area contributed by atoms with Gasteiger partial charge < -0.3 is 16.0 Å². The molecule has 3 aromatic rings. The van der Waals surface area contributed by atoms with E-state index in [0.717, 1.165) is 22.2 Å². The van der Waals surface area contributed by atoms with E-state index < -0.39 is 0 Å². The number of hydrogen-bond acceptors (Lipinski definition) is 4. The first-order valence-corrected chi connectivity index (χ1v) is 8.73. The molecule has 0 aliphatic rings. The van der Waals surface area contributed by atoms with Crippen LogP contribution in [-0.2, 0) is 0 Å². The van der Waals surface area contributed by atoms with Gasteiger partial charge in [-0.25, -0.2) is 0 Å². The number of amidine groups is 1. The number of aromatic amines is 1. The Balaban J connectivity index is 1.81. The normalized spacial score (nSPS) is 12.2. The summed E-state index contributed by atoms with van der Waals surface area (Å²) in [6, 6.07) is 14.3. The maximum Gasteiger partial charge on any atom is 0.272 e. The number of H-pyrrole nitrogens is 1. The number of aromatic nitrogens is 1. The lowest BCUT2D eigenvalue weighted by Gasteiger charge is -2.04. The summed E-state index contributed by atoms with van der Waals surface area (Å²) in [5.41, 5.74) is 9.62. The lowest BCUT2D eigenvalue weighted by atomic mass is 10.1. The van der Waals surface area contributed by atoms with E-state index in [-0.39, 0.29) is 11.7 Å². The second kappa shape index (κ2) is 7.87. The van der Waals surface area contributed by atoms with Crippen LogP contribution in [0.1, 0.15) is 47.2 Å². The molecule has 28 heavy (non-hydrogen) atoms. The molecule has 0 aliphatic heterocycles. The van der Waals surface area contributed by atoms with Crippen LogP contribution in [0.3, 0.4) is 0 Å². The zero-order valence-electron chi connectivity index (χ0n) is 15.9. The summed E-state index contributed by atoms with van der Waals surface area (Å²) in [6.07, 6.45) is 0. The zero-order chi connectivity index (χ0) is 20.3. The van der Waals surface area contributed by atoms with Gasteiger partial charge in [0.2, 0.25) is 0 Å². The zero-order valence-corrected chi connectivity index (χ0v) is 15.9. The number of amides is 1. The van der Waals surface area contributed by atoms with Crippen molar-refractivity contribution in [2.45, 2.75) is 20.8 Å². The molecule has 0 unspecified atom stereocenters. The van der Waals surface area contributed by atoms with E-state index in [0.29, 0.717) is 22.8 Å². The van der Waals surface area contributed by atoms with Crippen LogP contribution in [0.4, 0.5) is 5.69 Å². The Morgan fingerprint density at radius 1 is 0.929 bits per heavy atom. The molecule has 1 amide bonds. The van der Waals surface area contributed by atoms with Crippen molar-refractivity contribution in [2.75, 3.05) is 5.32 Å². The number of rotatable bonds is 5. The molecule has 0 aliphatic carbocycles. The summed E-state index contributed by atoms with van der Waals surface area (Å²) < 4.78 is 0. The van der Waals surface area contributed by atoms with Gasteiger partial charge >= 0.3 is 0 Å². The number of ketones is 1. The number of nitrogens with zero attached hydrogens (tertiary/aromatic N) is 2. The van der Waals surface area contributed by atoms with E-state index in [1.807, 2.05) is 25.1 Å². The Hall–Kier alpha value is -3.74. The monoisotopic (exact) mass is 375 g/mol. The third-order valence-corrected chi connectivity index (χ3v) is 4.19. The third-order valence-electron chi connectivity index (χ3n) is 4.19. The van der Waals surface area contributed by atoms with Crippen LogP contribution < -0.4 is 11.1 Å². The van der Waals surface area contributed by atoms with E-state index >= 15 is 0 Å². The van der Waals surface area contributed by atoms with E-state index in [4.69, 9.17) is 5.73 Å². The first kappa shape index (κ1) is 19.0. The van der Waals surface area contributed by atoms with Crippen molar-refractivity contribution in [3.05, 3.63) is 65.4 Å². The SMILES string of the molecule is CC(=O)c1ccc(NC(=O)c2cc3cc(/C(C)=N/N=C(C)N)ccc3[nH]2)cc1. The fourth-order valence-electron chi connectivity index (χ4n) is 2.68. The molecule has 7 nitrogen and oxygen atoms in total. The maximum absolute atomic E-state index is 12.5. The van der Waals surface area contributed by atoms with Crippen molar-refractivity contribution in [3.8, 4) is 0 Å². The van der Waals surface area contributed by atoms with Crippen molar-refractivity contribution in [2.24, 2.45) is 15.9 Å². The summed E-state index contributed by atoms with van der Waals surface area (Å²) in [4.78, 5) is 27.0. The van der Waals surface area contributed by atoms with Crippen LogP contribution in [0.5, 0.6) is 0 Å². The van der Waals surface area contributed by atoms with Crippen molar-refractivity contribution in [1.82, 2.24) is 4.98 Å². The van der Waals surface area contributed by atoms with Crippen LogP contribution in [0.2, 0.25) is 0 Å². The predicted octanol–water partition coefficient (Wildman–Crippen LogP) is 3.72. The van der Waals surface area contributed by atoms with Gasteiger partial charge in [-0.3, -0.25) is 9.59 Å². The summed E-state index contributed by atoms with van der Waals surface area (Å²) in [5, 5.41) is 11.7. The largest absolute Gasteiger partial charge is 0.386 e. The van der Waals surface area contributed by atoms with Gasteiger partial charge in [0, 0.05) is 22.2 Å². The summed E-state index contributed by atoms with van der Waals surface area (Å²) in [6.45, 7) is 5.02. The molecule has 0 saturated carbocycles. The Morgan fingerprint density at radius 2 is 1.61 bits per heavy atom. The first-order chi connectivity index (χ1) is 13.3. The number of carbonyl (C=O) groups is 2. The molecule has 0 radical (unpaired) electrons. The lowest BCUT2D eigenvalue weighted by Crippen LogP contribution is -2.12. The van der Waals surface area contributed by atoms with Crippen LogP contribution in [0.25, 0.3) is 10.9 Å². The first-order valence-electron chi connectivity index (χ1n) is 8.73. The number of fused-ring (bicyclic) bond motifs is 1. The van der Waals surface area contributed by atoms with Crippen molar-refractivity contribution >= 4 is 39.8 Å². The number of nitrogens with one attached hydrogen (secondary N) is 2. The van der Waals surface area contributed by atoms with E-state index in [1.54, 1.807) is 37.3 Å². The van der Waals surface area contributed by atoms with E-state index in [9.17, 15) is 9.59 Å². The maximum atomic E-state index is 12.5. The average molecular weight is 375 g/mol. The van der Waals surface area contributed by atoms with Gasteiger partial charge in [0.1, 0.15) is 11.5 Å². The van der Waals surface area contributed by atoms with Gasteiger partial charge in [0.25, 0.3) is 5.91 Å². The molecule has 0 atom stereocenters. The van der Waals surface area contributed by atoms with Gasteiger partial charge in [-0.15, -0.1) is 5.10 Å². The minimum Gasteiger partial charge on any atom is -0.386 e. The minimum absolute atomic E-state index is 0.0181. The van der Waals surface area contributed by atoms with E-state index in [1.165, 1.54) is 6.92 Å². The molecule has 1 aromatic heterocycles. The molecule has 0 bridgehead atoms. The number of carbonyl (C=O) groups excluding carboxylic acids is 2. The summed E-state index contributed by atoms with van der Waals surface area (Å²) in [5.74, 6) is 0.106. The van der Waals surface area contributed by atoms with Crippen molar-refractivity contribution in [3.63, 3.8) is 0 Å². The Bertz CT molecular complexity index is 1100. The fourth-order valence-corrected chi connectivity index (χ4v) is 2.68. The second-order valence-corrected chi connectivity index (χ2v) is 6.50. The van der Waals surface area contributed by atoms with Gasteiger partial charge in [-0.05, 0) is 68.8 Å². The third kappa shape index (κ3) is 4.32. The minimum atomic E-state index is -0.262. The molecule has 7 heteroatoms. The quantitative estimate of drug-likeness (QED) is 0.273. The number of benzene rings is 2. The number of nitrogens with two attached hydrogens (primary N) is 1. The number of hydrogen-bond donors (Lipinski definition) is 3. The molecule has 1 heterocycles. The standard InChI is InChI=1S/C21H21N5O2/c1-12(25-26-14(3)22)16-6-9-19-17(10-16)11-20(24-19)21(28)23-18-7-4-15(5-8-18)13(2)27/h4-11,24H,1-3H3,(H2,22,26)(H,23,28)/b25-12+. The molecule has 4 N–H and O–H groups in total. The molecule has 0 spiro atoms. The molecular formula is C21H21N5O2. The summed E-state index contributed by atoms with van der Waals surface area (Å²) >= 11 is 0. The number of anilines is 1. The highest BCUT2D eigenvalue weighted by Crippen LogP contribution is 2.19. The summed E-state index contributed by atoms with van der Waals surface area (Å²) in [7, 11) is 0.